The number of carbonyl (C=O) groups is 3. The number of unbranched alkanes of at least 4 members (excludes halogenated alkanes) is 1. The van der Waals surface area contributed by atoms with Gasteiger partial charge in [0.05, 0.1) is 0 Å². The number of carbonyl (C=O) groups excluding carboxylic acids is 3. The molecule has 2 rings (SSSR count). The predicted molar refractivity (Wildman–Crippen MR) is 135 cm³/mol. The number of alkyl carbamates (subject to hydrolysis) is 1. The van der Waals surface area contributed by atoms with Crippen LogP contribution >= 0.6 is 0 Å². The van der Waals surface area contributed by atoms with Crippen LogP contribution in [0, 0.1) is 5.92 Å². The standard InChI is InChI=1S/C27H41N3O4/c1-8-10-16-28-24(31)23(20-13-11-12-19(9-2)17-20)30(21-14-15-21)25(32)22(18(3)4)29-26(33)34-27(5,6)7/h9,11-13,17-18,21-23H,2,8,10,14-16H2,1,3-7H3,(H,28,31)(H,29,33). The van der Waals surface area contributed by atoms with E-state index >= 15 is 0 Å². The average molecular weight is 472 g/mol. The topological polar surface area (TPSA) is 87.7 Å². The first-order chi connectivity index (χ1) is 16.0. The lowest BCUT2D eigenvalue weighted by atomic mass is 9.97. The Labute approximate surface area is 204 Å². The molecule has 0 bridgehead atoms. The van der Waals surface area contributed by atoms with E-state index < -0.39 is 23.8 Å². The third kappa shape index (κ3) is 7.89. The van der Waals surface area contributed by atoms with Crippen LogP contribution in [0.5, 0.6) is 0 Å². The minimum absolute atomic E-state index is 0.0523. The summed E-state index contributed by atoms with van der Waals surface area (Å²) in [5.74, 6) is -0.678. The molecule has 188 valence electrons. The molecule has 0 aromatic heterocycles. The number of hydrogen-bond acceptors (Lipinski definition) is 4. The fourth-order valence-corrected chi connectivity index (χ4v) is 3.76. The monoisotopic (exact) mass is 471 g/mol. The highest BCUT2D eigenvalue weighted by Crippen LogP contribution is 2.36. The maximum absolute atomic E-state index is 13.9. The SMILES string of the molecule is C=Cc1cccc(C(C(=O)NCCCC)N(C(=O)C(NC(=O)OC(C)(C)C)C(C)C)C2CC2)c1. The van der Waals surface area contributed by atoms with Gasteiger partial charge in [-0.2, -0.15) is 0 Å². The lowest BCUT2D eigenvalue weighted by Crippen LogP contribution is -2.55. The molecular weight excluding hydrogens is 430 g/mol. The third-order valence-corrected chi connectivity index (χ3v) is 5.62. The van der Waals surface area contributed by atoms with E-state index in [1.54, 1.807) is 31.7 Å². The van der Waals surface area contributed by atoms with Gasteiger partial charge in [-0.05, 0) is 63.1 Å². The van der Waals surface area contributed by atoms with Crippen LogP contribution in [-0.4, -0.2) is 47.0 Å². The molecule has 0 heterocycles. The number of hydrogen-bond donors (Lipinski definition) is 2. The molecule has 1 aromatic carbocycles. The van der Waals surface area contributed by atoms with Crippen LogP contribution in [0.3, 0.4) is 0 Å². The van der Waals surface area contributed by atoms with Crippen molar-refractivity contribution in [3.05, 3.63) is 42.0 Å². The van der Waals surface area contributed by atoms with Crippen LogP contribution in [0.2, 0.25) is 0 Å². The second-order valence-corrected chi connectivity index (χ2v) is 10.3. The largest absolute Gasteiger partial charge is 0.444 e. The molecule has 1 aromatic rings. The summed E-state index contributed by atoms with van der Waals surface area (Å²) in [5.41, 5.74) is 0.920. The Balaban J connectivity index is 2.42. The van der Waals surface area contributed by atoms with Crippen molar-refractivity contribution in [1.82, 2.24) is 15.5 Å². The third-order valence-electron chi connectivity index (χ3n) is 5.62. The van der Waals surface area contributed by atoms with Crippen molar-refractivity contribution >= 4 is 24.0 Å². The Hall–Kier alpha value is -2.83. The zero-order valence-corrected chi connectivity index (χ0v) is 21.5. The molecule has 7 heteroatoms. The van der Waals surface area contributed by atoms with E-state index in [1.807, 2.05) is 38.1 Å². The number of nitrogens with one attached hydrogen (secondary N) is 2. The fourth-order valence-electron chi connectivity index (χ4n) is 3.76. The Kier molecular flexibility index (Phi) is 9.71. The van der Waals surface area contributed by atoms with Crippen LogP contribution in [0.4, 0.5) is 4.79 Å². The minimum Gasteiger partial charge on any atom is -0.444 e. The van der Waals surface area contributed by atoms with Crippen LogP contribution in [0.25, 0.3) is 6.08 Å². The summed E-state index contributed by atoms with van der Waals surface area (Å²) in [6.07, 6.45) is 4.54. The first-order valence-corrected chi connectivity index (χ1v) is 12.3. The zero-order chi connectivity index (χ0) is 25.5. The molecule has 2 unspecified atom stereocenters. The van der Waals surface area contributed by atoms with Crippen molar-refractivity contribution in [1.29, 1.82) is 0 Å². The van der Waals surface area contributed by atoms with E-state index in [1.165, 1.54) is 0 Å². The van der Waals surface area contributed by atoms with E-state index in [0.717, 1.165) is 36.8 Å². The minimum atomic E-state index is -0.816. The van der Waals surface area contributed by atoms with E-state index in [4.69, 9.17) is 4.74 Å². The number of benzene rings is 1. The Morgan fingerprint density at radius 1 is 1.24 bits per heavy atom. The molecular formula is C27H41N3O4. The summed E-state index contributed by atoms with van der Waals surface area (Å²) >= 11 is 0. The van der Waals surface area contributed by atoms with Gasteiger partial charge in [-0.1, -0.05) is 58.0 Å². The van der Waals surface area contributed by atoms with Gasteiger partial charge in [-0.25, -0.2) is 4.79 Å². The van der Waals surface area contributed by atoms with Crippen LogP contribution < -0.4 is 10.6 Å². The molecule has 1 fully saturated rings. The van der Waals surface area contributed by atoms with Gasteiger partial charge in [0.15, 0.2) is 0 Å². The van der Waals surface area contributed by atoms with Gasteiger partial charge in [-0.3, -0.25) is 9.59 Å². The lowest BCUT2D eigenvalue weighted by Gasteiger charge is -2.36. The van der Waals surface area contributed by atoms with Gasteiger partial charge in [0.1, 0.15) is 17.7 Å². The molecule has 1 saturated carbocycles. The van der Waals surface area contributed by atoms with Crippen molar-refractivity contribution in [2.24, 2.45) is 5.92 Å². The quantitative estimate of drug-likeness (QED) is 0.453. The maximum atomic E-state index is 13.9. The number of rotatable bonds is 11. The van der Waals surface area contributed by atoms with E-state index in [0.29, 0.717) is 6.54 Å². The maximum Gasteiger partial charge on any atom is 0.408 e. The molecule has 2 N–H and O–H groups in total. The highest BCUT2D eigenvalue weighted by Gasteiger charge is 2.44. The molecule has 0 radical (unpaired) electrons. The van der Waals surface area contributed by atoms with E-state index in [9.17, 15) is 14.4 Å². The summed E-state index contributed by atoms with van der Waals surface area (Å²) in [6, 6.07) is 5.88. The summed E-state index contributed by atoms with van der Waals surface area (Å²) < 4.78 is 5.40. The van der Waals surface area contributed by atoms with Crippen molar-refractivity contribution in [2.45, 2.75) is 91.0 Å². The Morgan fingerprint density at radius 3 is 2.44 bits per heavy atom. The molecule has 0 aliphatic heterocycles. The second-order valence-electron chi connectivity index (χ2n) is 10.3. The predicted octanol–water partition coefficient (Wildman–Crippen LogP) is 4.83. The lowest BCUT2D eigenvalue weighted by molar-refractivity contribution is -0.144. The number of ether oxygens (including phenoxy) is 1. The van der Waals surface area contributed by atoms with Crippen LogP contribution in [0.15, 0.2) is 30.8 Å². The van der Waals surface area contributed by atoms with Gasteiger partial charge >= 0.3 is 6.09 Å². The molecule has 2 atom stereocenters. The zero-order valence-electron chi connectivity index (χ0n) is 21.5. The molecule has 3 amide bonds. The Morgan fingerprint density at radius 2 is 1.91 bits per heavy atom. The Bertz CT molecular complexity index is 871. The summed E-state index contributed by atoms with van der Waals surface area (Å²) in [6.45, 7) is 15.5. The van der Waals surface area contributed by atoms with Gasteiger partial charge in [0.2, 0.25) is 11.8 Å². The molecule has 7 nitrogen and oxygen atoms in total. The first kappa shape index (κ1) is 27.4. The van der Waals surface area contributed by atoms with E-state index in [-0.39, 0.29) is 23.8 Å². The van der Waals surface area contributed by atoms with Crippen molar-refractivity contribution in [3.63, 3.8) is 0 Å². The molecule has 0 saturated heterocycles. The van der Waals surface area contributed by atoms with Crippen LogP contribution in [-0.2, 0) is 14.3 Å². The molecule has 0 spiro atoms. The summed E-state index contributed by atoms with van der Waals surface area (Å²) in [4.78, 5) is 41.6. The highest BCUT2D eigenvalue weighted by molar-refractivity contribution is 5.92. The van der Waals surface area contributed by atoms with Crippen molar-refractivity contribution in [2.75, 3.05) is 6.54 Å². The van der Waals surface area contributed by atoms with E-state index in [2.05, 4.69) is 24.1 Å². The second kappa shape index (κ2) is 12.0. The number of nitrogens with zero attached hydrogens (tertiary/aromatic N) is 1. The highest BCUT2D eigenvalue weighted by atomic mass is 16.6. The van der Waals surface area contributed by atoms with Crippen LogP contribution in [0.1, 0.15) is 84.4 Å². The van der Waals surface area contributed by atoms with Gasteiger partial charge in [-0.15, -0.1) is 0 Å². The van der Waals surface area contributed by atoms with Crippen molar-refractivity contribution < 1.29 is 19.1 Å². The van der Waals surface area contributed by atoms with Gasteiger partial charge in [0, 0.05) is 12.6 Å². The number of amides is 3. The fraction of sp³-hybridized carbons (Fsp3) is 0.593. The summed E-state index contributed by atoms with van der Waals surface area (Å²) in [7, 11) is 0. The molecule has 34 heavy (non-hydrogen) atoms. The van der Waals surface area contributed by atoms with Gasteiger partial charge in [0.25, 0.3) is 0 Å². The summed E-state index contributed by atoms with van der Waals surface area (Å²) in [5, 5.41) is 5.76. The first-order valence-electron chi connectivity index (χ1n) is 12.3. The molecule has 1 aliphatic rings. The molecule has 1 aliphatic carbocycles. The normalized spacial score (nSPS) is 15.3. The van der Waals surface area contributed by atoms with Gasteiger partial charge < -0.3 is 20.3 Å². The van der Waals surface area contributed by atoms with Crippen molar-refractivity contribution in [3.8, 4) is 0 Å². The average Bonchev–Trinajstić information content (AvgIpc) is 3.59. The smallest absolute Gasteiger partial charge is 0.408 e.